The highest BCUT2D eigenvalue weighted by Gasteiger charge is 2.27. The van der Waals surface area contributed by atoms with Gasteiger partial charge in [-0.25, -0.2) is 0 Å². The Morgan fingerprint density at radius 1 is 0.750 bits per heavy atom. The lowest BCUT2D eigenvalue weighted by Gasteiger charge is -2.20. The number of epoxide rings is 2. The van der Waals surface area contributed by atoms with Crippen LogP contribution in [-0.4, -0.2) is 38.6 Å². The van der Waals surface area contributed by atoms with Crippen molar-refractivity contribution in [3.8, 4) is 11.5 Å². The minimum Gasteiger partial charge on any atom is -0.489 e. The minimum absolute atomic E-state index is 0.243. The fourth-order valence-corrected chi connectivity index (χ4v) is 3.58. The third kappa shape index (κ3) is 3.44. The molecule has 0 bridgehead atoms. The van der Waals surface area contributed by atoms with Crippen LogP contribution in [0, 0.1) is 0 Å². The van der Waals surface area contributed by atoms with Crippen LogP contribution in [0.4, 0.5) is 0 Å². The maximum Gasteiger partial charge on any atom is 0.135 e. The summed E-state index contributed by atoms with van der Waals surface area (Å²) in [6.45, 7) is 2.77. The Hall–Kier alpha value is 0.460. The van der Waals surface area contributed by atoms with E-state index >= 15 is 0 Å². The van der Waals surface area contributed by atoms with Crippen molar-refractivity contribution in [2.24, 2.45) is 0 Å². The van der Waals surface area contributed by atoms with Crippen molar-refractivity contribution in [3.63, 3.8) is 0 Å². The number of benzene rings is 1. The molecule has 6 unspecified atom stereocenters. The molecule has 6 atom stereocenters. The van der Waals surface area contributed by atoms with Gasteiger partial charge >= 0.3 is 0 Å². The molecule has 1 aromatic carbocycles. The molecule has 0 radical (unpaired) electrons. The molecule has 4 nitrogen and oxygen atoms in total. The lowest BCUT2D eigenvalue weighted by Crippen LogP contribution is -2.32. The van der Waals surface area contributed by atoms with Gasteiger partial charge in [-0.2, -0.15) is 0 Å². The smallest absolute Gasteiger partial charge is 0.135 e. The average molecular weight is 350 g/mol. The molecule has 0 aromatic heterocycles. The van der Waals surface area contributed by atoms with Crippen LogP contribution in [0.1, 0.15) is 0 Å². The topological polar surface area (TPSA) is 43.5 Å². The highest BCUT2D eigenvalue weighted by molar-refractivity contribution is 7.39. The summed E-state index contributed by atoms with van der Waals surface area (Å²) in [6, 6.07) is 0. The van der Waals surface area contributed by atoms with Crippen molar-refractivity contribution >= 4 is 58.2 Å². The maximum atomic E-state index is 5.87. The van der Waals surface area contributed by atoms with Crippen LogP contribution in [0.25, 0.3) is 0 Å². The van der Waals surface area contributed by atoms with Crippen molar-refractivity contribution in [3.05, 3.63) is 0 Å². The fraction of sp³-hybridized carbons (Fsp3) is 0.500. The largest absolute Gasteiger partial charge is 0.489 e. The highest BCUT2D eigenvalue weighted by atomic mass is 31.0. The summed E-state index contributed by atoms with van der Waals surface area (Å²) in [7, 11) is 10.9. The van der Waals surface area contributed by atoms with Crippen molar-refractivity contribution in [2.45, 2.75) is 12.2 Å². The van der Waals surface area contributed by atoms with Crippen LogP contribution in [0.15, 0.2) is 0 Å². The van der Waals surface area contributed by atoms with Crippen LogP contribution < -0.4 is 30.7 Å². The Bertz CT molecular complexity index is 453. The molecule has 2 aliphatic heterocycles. The second kappa shape index (κ2) is 6.29. The van der Waals surface area contributed by atoms with E-state index in [1.807, 2.05) is 0 Å². The Labute approximate surface area is 127 Å². The second-order valence-electron chi connectivity index (χ2n) is 4.85. The van der Waals surface area contributed by atoms with Gasteiger partial charge in [0.2, 0.25) is 0 Å². The molecule has 8 heteroatoms. The number of rotatable bonds is 6. The molecule has 0 aliphatic carbocycles. The van der Waals surface area contributed by atoms with Gasteiger partial charge < -0.3 is 18.9 Å². The first-order chi connectivity index (χ1) is 9.58. The summed E-state index contributed by atoms with van der Waals surface area (Å²) in [5.41, 5.74) is 0. The van der Waals surface area contributed by atoms with Crippen molar-refractivity contribution in [1.82, 2.24) is 0 Å². The van der Waals surface area contributed by atoms with Crippen molar-refractivity contribution < 1.29 is 18.9 Å². The molecule has 2 aliphatic rings. The zero-order valence-electron chi connectivity index (χ0n) is 10.9. The van der Waals surface area contributed by atoms with Gasteiger partial charge in [-0.05, 0) is 0 Å². The third-order valence-electron chi connectivity index (χ3n) is 3.19. The lowest BCUT2D eigenvalue weighted by atomic mass is 10.3. The van der Waals surface area contributed by atoms with Crippen LogP contribution in [0.3, 0.4) is 0 Å². The minimum atomic E-state index is 0.243. The summed E-state index contributed by atoms with van der Waals surface area (Å²) in [6.07, 6.45) is 0.486. The summed E-state index contributed by atoms with van der Waals surface area (Å²) in [4.78, 5) is 0. The molecule has 2 saturated heterocycles. The summed E-state index contributed by atoms with van der Waals surface area (Å²) in [5.74, 6) is 1.72. The standard InChI is InChI=1S/C12H18O4P4/c17-9-7(15-3-5-1-13-5)10(18)12(20)8(11(9)19)16-4-6-2-14-6/h5-6H,1-4,17-20H2. The molecule has 0 saturated carbocycles. The van der Waals surface area contributed by atoms with E-state index in [9.17, 15) is 0 Å². The van der Waals surface area contributed by atoms with Gasteiger partial charge in [0.25, 0.3) is 0 Å². The second-order valence-corrected chi connectivity index (χ2v) is 7.16. The third-order valence-corrected chi connectivity index (χ3v) is 6.15. The van der Waals surface area contributed by atoms with E-state index in [1.165, 1.54) is 0 Å². The first-order valence-corrected chi connectivity index (χ1v) is 8.63. The summed E-state index contributed by atoms with van der Waals surface area (Å²) in [5, 5.41) is 3.99. The van der Waals surface area contributed by atoms with Crippen LogP contribution in [0.2, 0.25) is 0 Å². The molecule has 110 valence electrons. The summed E-state index contributed by atoms with van der Waals surface area (Å²) >= 11 is 0. The molecule has 0 amide bonds. The fourth-order valence-electron chi connectivity index (χ4n) is 1.77. The van der Waals surface area contributed by atoms with E-state index in [-0.39, 0.29) is 12.2 Å². The molecule has 2 heterocycles. The molecular weight excluding hydrogens is 332 g/mol. The molecule has 3 rings (SSSR count). The van der Waals surface area contributed by atoms with E-state index in [2.05, 4.69) is 37.0 Å². The van der Waals surface area contributed by atoms with Gasteiger partial charge in [0.05, 0.1) is 13.2 Å². The van der Waals surface area contributed by atoms with Crippen LogP contribution in [-0.2, 0) is 9.47 Å². The molecular formula is C12H18O4P4. The molecule has 0 N–H and O–H groups in total. The predicted molar refractivity (Wildman–Crippen MR) is 94.3 cm³/mol. The lowest BCUT2D eigenvalue weighted by molar-refractivity contribution is 0.263. The van der Waals surface area contributed by atoms with E-state index in [4.69, 9.17) is 18.9 Å². The molecule has 0 spiro atoms. The van der Waals surface area contributed by atoms with Crippen molar-refractivity contribution in [1.29, 1.82) is 0 Å². The average Bonchev–Trinajstić information content (AvgIpc) is 3.30. The normalized spacial score (nSPS) is 23.6. The van der Waals surface area contributed by atoms with Gasteiger partial charge in [-0.15, -0.1) is 37.0 Å². The Morgan fingerprint density at radius 2 is 1.05 bits per heavy atom. The van der Waals surface area contributed by atoms with Gasteiger partial charge in [0, 0.05) is 21.2 Å². The number of ether oxygens (including phenoxy) is 4. The number of hydrogen-bond donors (Lipinski definition) is 0. The van der Waals surface area contributed by atoms with E-state index in [1.54, 1.807) is 0 Å². The van der Waals surface area contributed by atoms with E-state index < -0.39 is 0 Å². The van der Waals surface area contributed by atoms with E-state index in [0.29, 0.717) is 13.2 Å². The quantitative estimate of drug-likeness (QED) is 0.500. The van der Waals surface area contributed by atoms with Crippen molar-refractivity contribution in [2.75, 3.05) is 26.4 Å². The van der Waals surface area contributed by atoms with Gasteiger partial charge in [-0.3, -0.25) is 0 Å². The zero-order valence-corrected chi connectivity index (χ0v) is 15.5. The van der Waals surface area contributed by atoms with E-state index in [0.717, 1.165) is 45.9 Å². The Balaban J connectivity index is 1.83. The van der Waals surface area contributed by atoms with Gasteiger partial charge in [-0.1, -0.05) is 0 Å². The SMILES string of the molecule is Pc1c(P)c(OCC2CO2)c(P)c(P)c1OCC1CO1. The molecule has 2 fully saturated rings. The number of hydrogen-bond acceptors (Lipinski definition) is 4. The Morgan fingerprint density at radius 3 is 1.30 bits per heavy atom. The highest BCUT2D eigenvalue weighted by Crippen LogP contribution is 2.22. The first kappa shape index (κ1) is 15.4. The monoisotopic (exact) mass is 350 g/mol. The predicted octanol–water partition coefficient (Wildman–Crippen LogP) is -0.757. The molecule has 20 heavy (non-hydrogen) atoms. The van der Waals surface area contributed by atoms with Gasteiger partial charge in [0.1, 0.15) is 36.9 Å². The first-order valence-electron chi connectivity index (χ1n) is 6.32. The summed E-state index contributed by atoms with van der Waals surface area (Å²) < 4.78 is 22.1. The van der Waals surface area contributed by atoms with Crippen LogP contribution in [0.5, 0.6) is 11.5 Å². The Kier molecular flexibility index (Phi) is 4.83. The van der Waals surface area contributed by atoms with Crippen LogP contribution >= 0.6 is 37.0 Å². The van der Waals surface area contributed by atoms with Gasteiger partial charge in [0.15, 0.2) is 0 Å². The zero-order chi connectivity index (χ0) is 14.3. The molecule has 1 aromatic rings. The maximum absolute atomic E-state index is 5.87.